The Balaban J connectivity index is 2.38. The predicted octanol–water partition coefficient (Wildman–Crippen LogP) is 0.0913. The molecule has 86 valence electrons. The molecule has 3 N–H and O–H groups in total. The zero-order valence-electron chi connectivity index (χ0n) is 9.03. The highest BCUT2D eigenvalue weighted by Gasteiger charge is 2.28. The van der Waals surface area contributed by atoms with Crippen molar-refractivity contribution in [3.63, 3.8) is 0 Å². The fourth-order valence-electron chi connectivity index (χ4n) is 1.66. The van der Waals surface area contributed by atoms with Crippen molar-refractivity contribution in [1.29, 1.82) is 0 Å². The Morgan fingerprint density at radius 1 is 1.73 bits per heavy atom. The van der Waals surface area contributed by atoms with Gasteiger partial charge in [-0.3, -0.25) is 4.90 Å². The maximum absolute atomic E-state index is 11.0. The summed E-state index contributed by atoms with van der Waals surface area (Å²) in [4.78, 5) is 13.6. The van der Waals surface area contributed by atoms with Crippen LogP contribution in [0.1, 0.15) is 13.3 Å². The summed E-state index contributed by atoms with van der Waals surface area (Å²) in [6.45, 7) is 3.64. The summed E-state index contributed by atoms with van der Waals surface area (Å²) in [7, 11) is 1.36. The van der Waals surface area contributed by atoms with Crippen LogP contribution in [0.15, 0.2) is 0 Å². The quantitative estimate of drug-likeness (QED) is 0.674. The van der Waals surface area contributed by atoms with Crippen LogP contribution < -0.4 is 11.1 Å². The molecule has 0 saturated carbocycles. The Hall–Kier alpha value is -0.880. The second-order valence-electron chi connectivity index (χ2n) is 3.69. The Kier molecular flexibility index (Phi) is 4.28. The van der Waals surface area contributed by atoms with Gasteiger partial charge in [-0.1, -0.05) is 12.2 Å². The Morgan fingerprint density at radius 3 is 2.93 bits per heavy atom. The molecule has 1 fully saturated rings. The molecule has 0 aliphatic carbocycles. The molecule has 0 aromatic rings. The molecule has 0 bridgehead atoms. The van der Waals surface area contributed by atoms with E-state index in [0.29, 0.717) is 4.99 Å². The highest BCUT2D eigenvalue weighted by molar-refractivity contribution is 7.80. The molecule has 0 aromatic carbocycles. The van der Waals surface area contributed by atoms with E-state index in [-0.39, 0.29) is 18.2 Å². The molecule has 0 spiro atoms. The van der Waals surface area contributed by atoms with Crippen LogP contribution in [-0.2, 0) is 4.74 Å². The lowest BCUT2D eigenvalue weighted by atomic mass is 10.3. The zero-order chi connectivity index (χ0) is 11.4. The standard InChI is InChI=1S/C9H17N3O2S/c1-6(8(10)15)12-4-3-7(5-12)11-9(13)14-2/h6-7H,3-5H2,1-2H3,(H2,10,15)(H,11,13). The molecule has 1 rings (SSSR count). The van der Waals surface area contributed by atoms with Crippen LogP contribution in [0.4, 0.5) is 4.79 Å². The van der Waals surface area contributed by atoms with E-state index >= 15 is 0 Å². The highest BCUT2D eigenvalue weighted by atomic mass is 32.1. The van der Waals surface area contributed by atoms with Crippen molar-refractivity contribution in [2.75, 3.05) is 20.2 Å². The Morgan fingerprint density at radius 2 is 2.40 bits per heavy atom. The van der Waals surface area contributed by atoms with Gasteiger partial charge in [0.05, 0.1) is 18.1 Å². The van der Waals surface area contributed by atoms with Gasteiger partial charge in [0, 0.05) is 19.1 Å². The van der Waals surface area contributed by atoms with E-state index in [9.17, 15) is 4.79 Å². The summed E-state index contributed by atoms with van der Waals surface area (Å²) >= 11 is 4.93. The average molecular weight is 231 g/mol. The molecule has 1 saturated heterocycles. The minimum atomic E-state index is -0.384. The molecule has 2 atom stereocenters. The van der Waals surface area contributed by atoms with E-state index in [1.807, 2.05) is 6.92 Å². The molecule has 6 heteroatoms. The number of nitrogens with one attached hydrogen (secondary N) is 1. The molecule has 15 heavy (non-hydrogen) atoms. The molecule has 1 heterocycles. The van der Waals surface area contributed by atoms with Crippen molar-refractivity contribution < 1.29 is 9.53 Å². The smallest absolute Gasteiger partial charge is 0.407 e. The summed E-state index contributed by atoms with van der Waals surface area (Å²) in [5.74, 6) is 0. The van der Waals surface area contributed by atoms with E-state index < -0.39 is 0 Å². The lowest BCUT2D eigenvalue weighted by molar-refractivity contribution is 0.166. The van der Waals surface area contributed by atoms with E-state index in [0.717, 1.165) is 19.5 Å². The van der Waals surface area contributed by atoms with E-state index in [1.165, 1.54) is 7.11 Å². The van der Waals surface area contributed by atoms with Gasteiger partial charge in [-0.15, -0.1) is 0 Å². The number of alkyl carbamates (subject to hydrolysis) is 1. The SMILES string of the molecule is COC(=O)NC1CCN(C(C)C(N)=S)C1. The van der Waals surface area contributed by atoms with Crippen LogP contribution in [0.5, 0.6) is 0 Å². The first-order valence-electron chi connectivity index (χ1n) is 4.92. The highest BCUT2D eigenvalue weighted by Crippen LogP contribution is 2.12. The first kappa shape index (κ1) is 12.2. The molecule has 5 nitrogen and oxygen atoms in total. The number of likely N-dealkylation sites (tertiary alicyclic amines) is 1. The summed E-state index contributed by atoms with van der Waals surface area (Å²) < 4.78 is 4.54. The van der Waals surface area contributed by atoms with E-state index in [1.54, 1.807) is 0 Å². The van der Waals surface area contributed by atoms with Gasteiger partial charge in [0.25, 0.3) is 0 Å². The predicted molar refractivity (Wildman–Crippen MR) is 61.8 cm³/mol. The van der Waals surface area contributed by atoms with Gasteiger partial charge >= 0.3 is 6.09 Å². The Bertz CT molecular complexity index is 260. The van der Waals surface area contributed by atoms with Crippen LogP contribution >= 0.6 is 12.2 Å². The summed E-state index contributed by atoms with van der Waals surface area (Å²) in [5.41, 5.74) is 5.57. The number of thiocarbonyl (C=S) groups is 1. The van der Waals surface area contributed by atoms with E-state index in [2.05, 4.69) is 15.0 Å². The Labute approximate surface area is 94.9 Å². The number of hydrogen-bond acceptors (Lipinski definition) is 4. The van der Waals surface area contributed by atoms with Crippen LogP contribution in [0.3, 0.4) is 0 Å². The van der Waals surface area contributed by atoms with Crippen molar-refractivity contribution in [2.24, 2.45) is 5.73 Å². The van der Waals surface area contributed by atoms with Crippen molar-refractivity contribution >= 4 is 23.3 Å². The van der Waals surface area contributed by atoms with Crippen LogP contribution in [0, 0.1) is 0 Å². The van der Waals surface area contributed by atoms with Gasteiger partial charge in [-0.25, -0.2) is 4.79 Å². The minimum Gasteiger partial charge on any atom is -0.453 e. The molecule has 0 aromatic heterocycles. The van der Waals surface area contributed by atoms with Crippen molar-refractivity contribution in [2.45, 2.75) is 25.4 Å². The fraction of sp³-hybridized carbons (Fsp3) is 0.778. The lowest BCUT2D eigenvalue weighted by Gasteiger charge is -2.22. The number of nitrogens with two attached hydrogens (primary N) is 1. The molecule has 1 aliphatic heterocycles. The molecular weight excluding hydrogens is 214 g/mol. The number of nitrogens with zero attached hydrogens (tertiary/aromatic N) is 1. The largest absolute Gasteiger partial charge is 0.453 e. The number of carbonyl (C=O) groups is 1. The number of hydrogen-bond donors (Lipinski definition) is 2. The summed E-state index contributed by atoms with van der Waals surface area (Å²) in [5, 5.41) is 2.77. The lowest BCUT2D eigenvalue weighted by Crippen LogP contribution is -2.43. The van der Waals surface area contributed by atoms with Crippen molar-refractivity contribution in [3.8, 4) is 0 Å². The first-order chi connectivity index (χ1) is 7.04. The number of amides is 1. The average Bonchev–Trinajstić information content (AvgIpc) is 2.64. The van der Waals surface area contributed by atoms with Crippen molar-refractivity contribution in [3.05, 3.63) is 0 Å². The molecule has 0 radical (unpaired) electrons. The van der Waals surface area contributed by atoms with Gasteiger partial charge in [-0.2, -0.15) is 0 Å². The number of rotatable bonds is 3. The third-order valence-electron chi connectivity index (χ3n) is 2.69. The maximum atomic E-state index is 11.0. The van der Waals surface area contributed by atoms with Gasteiger partial charge < -0.3 is 15.8 Å². The van der Waals surface area contributed by atoms with Crippen LogP contribution in [0.2, 0.25) is 0 Å². The fourth-order valence-corrected chi connectivity index (χ4v) is 1.81. The number of methoxy groups -OCH3 is 1. The van der Waals surface area contributed by atoms with Gasteiger partial charge in [-0.05, 0) is 13.3 Å². The first-order valence-corrected chi connectivity index (χ1v) is 5.33. The molecule has 1 amide bonds. The second kappa shape index (κ2) is 5.27. The topological polar surface area (TPSA) is 67.6 Å². The maximum Gasteiger partial charge on any atom is 0.407 e. The van der Waals surface area contributed by atoms with Gasteiger partial charge in [0.2, 0.25) is 0 Å². The number of carbonyl (C=O) groups excluding carboxylic acids is 1. The van der Waals surface area contributed by atoms with Gasteiger partial charge in [0.1, 0.15) is 0 Å². The molecule has 2 unspecified atom stereocenters. The normalized spacial score (nSPS) is 23.5. The monoisotopic (exact) mass is 231 g/mol. The minimum absolute atomic E-state index is 0.0875. The third kappa shape index (κ3) is 3.32. The van der Waals surface area contributed by atoms with Crippen LogP contribution in [-0.4, -0.2) is 48.3 Å². The number of ether oxygens (including phenoxy) is 1. The second-order valence-corrected chi connectivity index (χ2v) is 4.17. The third-order valence-corrected chi connectivity index (χ3v) is 3.03. The van der Waals surface area contributed by atoms with Crippen molar-refractivity contribution in [1.82, 2.24) is 10.2 Å². The summed E-state index contributed by atoms with van der Waals surface area (Å²) in [6.07, 6.45) is 0.520. The molecule has 1 aliphatic rings. The van der Waals surface area contributed by atoms with Gasteiger partial charge in [0.15, 0.2) is 0 Å². The summed E-state index contributed by atoms with van der Waals surface area (Å²) in [6, 6.07) is 0.221. The molecular formula is C9H17N3O2S. The zero-order valence-corrected chi connectivity index (χ0v) is 9.84. The van der Waals surface area contributed by atoms with Crippen LogP contribution in [0.25, 0.3) is 0 Å². The van der Waals surface area contributed by atoms with E-state index in [4.69, 9.17) is 18.0 Å².